The first kappa shape index (κ1) is 20.2. The van der Waals surface area contributed by atoms with Gasteiger partial charge in [-0.3, -0.25) is 4.99 Å². The lowest BCUT2D eigenvalue weighted by atomic mass is 10.0. The minimum Gasteiger partial charge on any atom is -0.506 e. The number of aliphatic imine (C=N–C) groups is 1. The van der Waals surface area contributed by atoms with Crippen LogP contribution >= 0.6 is 0 Å². The molecule has 142 valence electrons. The molecular weight excluding hydrogens is 366 g/mol. The van der Waals surface area contributed by atoms with Crippen LogP contribution in [-0.4, -0.2) is 23.9 Å². The van der Waals surface area contributed by atoms with Crippen molar-refractivity contribution >= 4 is 23.6 Å². The molecule has 4 nitrogen and oxygen atoms in total. The van der Waals surface area contributed by atoms with E-state index in [0.717, 1.165) is 25.3 Å². The standard InChI is InChI=1S/C19H15F4NO3/c1-3-27-19(26)13(9-24-12-6-4-11(20)5-7-12)18(25)16-10(2)17(23)15(22)8-14(16)21/h4-9,25H,3H2,1-2H3. The van der Waals surface area contributed by atoms with Crippen LogP contribution in [0.3, 0.4) is 0 Å². The average molecular weight is 381 g/mol. The van der Waals surface area contributed by atoms with Crippen LogP contribution in [0.1, 0.15) is 18.1 Å². The second-order valence-corrected chi connectivity index (χ2v) is 5.37. The molecule has 0 aliphatic carbocycles. The first-order chi connectivity index (χ1) is 12.8. The highest BCUT2D eigenvalue weighted by Gasteiger charge is 2.24. The molecule has 0 heterocycles. The number of ether oxygens (including phenoxy) is 1. The number of aliphatic hydroxyl groups excluding tert-OH is 1. The van der Waals surface area contributed by atoms with E-state index < -0.39 is 51.7 Å². The van der Waals surface area contributed by atoms with Gasteiger partial charge in [0.2, 0.25) is 0 Å². The van der Waals surface area contributed by atoms with Crippen LogP contribution in [0, 0.1) is 30.2 Å². The monoisotopic (exact) mass is 381 g/mol. The van der Waals surface area contributed by atoms with Crippen LogP contribution in [0.15, 0.2) is 40.9 Å². The lowest BCUT2D eigenvalue weighted by Gasteiger charge is -2.11. The number of rotatable bonds is 5. The fourth-order valence-corrected chi connectivity index (χ4v) is 2.23. The second kappa shape index (κ2) is 8.48. The number of benzene rings is 2. The lowest BCUT2D eigenvalue weighted by Crippen LogP contribution is -2.13. The maximum absolute atomic E-state index is 14.1. The number of carbonyl (C=O) groups is 1. The molecule has 0 aromatic heterocycles. The predicted octanol–water partition coefficient (Wildman–Crippen LogP) is 4.79. The maximum atomic E-state index is 14.1. The number of hydrogen-bond donors (Lipinski definition) is 1. The maximum Gasteiger partial charge on any atom is 0.343 e. The minimum atomic E-state index is -1.43. The van der Waals surface area contributed by atoms with E-state index in [2.05, 4.69) is 4.99 Å². The summed E-state index contributed by atoms with van der Waals surface area (Å²) in [7, 11) is 0. The molecule has 0 saturated carbocycles. The average Bonchev–Trinajstić information content (AvgIpc) is 2.62. The Morgan fingerprint density at radius 3 is 2.37 bits per heavy atom. The van der Waals surface area contributed by atoms with Gasteiger partial charge in [-0.15, -0.1) is 0 Å². The molecule has 0 radical (unpaired) electrons. The summed E-state index contributed by atoms with van der Waals surface area (Å²) in [6.45, 7) is 2.50. The number of carbonyl (C=O) groups excluding carboxylic acids is 1. The molecule has 2 rings (SSSR count). The van der Waals surface area contributed by atoms with Gasteiger partial charge in [-0.1, -0.05) is 0 Å². The Morgan fingerprint density at radius 2 is 1.78 bits per heavy atom. The highest BCUT2D eigenvalue weighted by atomic mass is 19.2. The third-order valence-electron chi connectivity index (χ3n) is 3.56. The largest absolute Gasteiger partial charge is 0.506 e. The van der Waals surface area contributed by atoms with Crippen molar-refractivity contribution in [2.24, 2.45) is 4.99 Å². The summed E-state index contributed by atoms with van der Waals surface area (Å²) in [5.41, 5.74) is -1.56. The first-order valence-corrected chi connectivity index (χ1v) is 7.80. The van der Waals surface area contributed by atoms with Crippen molar-refractivity contribution in [1.29, 1.82) is 0 Å². The van der Waals surface area contributed by atoms with E-state index in [4.69, 9.17) is 4.74 Å². The molecule has 0 fully saturated rings. The Kier molecular flexibility index (Phi) is 6.33. The van der Waals surface area contributed by atoms with Crippen molar-refractivity contribution in [3.63, 3.8) is 0 Å². The van der Waals surface area contributed by atoms with Gasteiger partial charge in [0, 0.05) is 17.8 Å². The number of aliphatic hydroxyl groups is 1. The van der Waals surface area contributed by atoms with Crippen LogP contribution in [0.2, 0.25) is 0 Å². The van der Waals surface area contributed by atoms with Crippen LogP contribution in [0.4, 0.5) is 23.2 Å². The van der Waals surface area contributed by atoms with Gasteiger partial charge in [-0.25, -0.2) is 22.4 Å². The van der Waals surface area contributed by atoms with E-state index in [1.807, 2.05) is 0 Å². The van der Waals surface area contributed by atoms with Gasteiger partial charge >= 0.3 is 5.97 Å². The number of halogens is 4. The summed E-state index contributed by atoms with van der Waals surface area (Å²) in [4.78, 5) is 16.0. The second-order valence-electron chi connectivity index (χ2n) is 5.37. The molecule has 0 bridgehead atoms. The zero-order chi connectivity index (χ0) is 20.1. The van der Waals surface area contributed by atoms with Crippen molar-refractivity contribution < 1.29 is 32.2 Å². The van der Waals surface area contributed by atoms with Gasteiger partial charge in [0.25, 0.3) is 0 Å². The van der Waals surface area contributed by atoms with Crippen molar-refractivity contribution in [2.45, 2.75) is 13.8 Å². The topological polar surface area (TPSA) is 58.9 Å². The van der Waals surface area contributed by atoms with Crippen LogP contribution in [0.5, 0.6) is 0 Å². The van der Waals surface area contributed by atoms with Gasteiger partial charge in [0.05, 0.1) is 17.9 Å². The quantitative estimate of drug-likeness (QED) is 0.202. The normalized spacial score (nSPS) is 12.2. The van der Waals surface area contributed by atoms with Crippen molar-refractivity contribution in [3.8, 4) is 0 Å². The summed E-state index contributed by atoms with van der Waals surface area (Å²) in [5.74, 6) is -6.58. The van der Waals surface area contributed by atoms with Crippen molar-refractivity contribution in [3.05, 3.63) is 70.3 Å². The third kappa shape index (κ3) is 4.52. The fraction of sp³-hybridized carbons (Fsp3) is 0.158. The molecule has 2 aromatic carbocycles. The zero-order valence-corrected chi connectivity index (χ0v) is 14.4. The Hall–Kier alpha value is -3.16. The zero-order valence-electron chi connectivity index (χ0n) is 14.4. The number of nitrogens with zero attached hydrogens (tertiary/aromatic N) is 1. The first-order valence-electron chi connectivity index (χ1n) is 7.80. The third-order valence-corrected chi connectivity index (χ3v) is 3.56. The Bertz CT molecular complexity index is 922. The van der Waals surface area contributed by atoms with E-state index in [1.165, 1.54) is 19.1 Å². The summed E-state index contributed by atoms with van der Waals surface area (Å²) in [5, 5.41) is 10.4. The summed E-state index contributed by atoms with van der Waals surface area (Å²) >= 11 is 0. The predicted molar refractivity (Wildman–Crippen MR) is 91.8 cm³/mol. The summed E-state index contributed by atoms with van der Waals surface area (Å²) < 4.78 is 58.9. The van der Waals surface area contributed by atoms with Crippen LogP contribution < -0.4 is 0 Å². The highest BCUT2D eigenvalue weighted by Crippen LogP contribution is 2.27. The van der Waals surface area contributed by atoms with Crippen molar-refractivity contribution in [1.82, 2.24) is 0 Å². The van der Waals surface area contributed by atoms with E-state index in [0.29, 0.717) is 0 Å². The molecule has 0 amide bonds. The number of hydrogen-bond acceptors (Lipinski definition) is 4. The Labute approximate surface area is 152 Å². The molecule has 0 saturated heterocycles. The smallest absolute Gasteiger partial charge is 0.343 e. The summed E-state index contributed by atoms with van der Waals surface area (Å²) in [6, 6.07) is 5.11. The molecule has 27 heavy (non-hydrogen) atoms. The molecule has 0 aliphatic rings. The molecule has 2 aromatic rings. The van der Waals surface area contributed by atoms with E-state index in [9.17, 15) is 27.5 Å². The SMILES string of the molecule is CCOC(=O)C(C=Nc1ccc(F)cc1)=C(O)c1c(F)cc(F)c(F)c1C. The molecule has 0 spiro atoms. The van der Waals surface area contributed by atoms with Gasteiger partial charge in [-0.05, 0) is 38.1 Å². The molecule has 1 N–H and O–H groups in total. The van der Waals surface area contributed by atoms with Crippen LogP contribution in [-0.2, 0) is 9.53 Å². The van der Waals surface area contributed by atoms with E-state index in [1.54, 1.807) is 0 Å². The van der Waals surface area contributed by atoms with Gasteiger partial charge < -0.3 is 9.84 Å². The van der Waals surface area contributed by atoms with Gasteiger partial charge in [0.1, 0.15) is 23.0 Å². The molecule has 0 atom stereocenters. The lowest BCUT2D eigenvalue weighted by molar-refractivity contribution is -0.137. The number of esters is 1. The highest BCUT2D eigenvalue weighted by molar-refractivity contribution is 6.15. The fourth-order valence-electron chi connectivity index (χ4n) is 2.23. The van der Waals surface area contributed by atoms with Gasteiger partial charge in [0.15, 0.2) is 11.6 Å². The molecule has 8 heteroatoms. The molecular formula is C19H15F4NO3. The van der Waals surface area contributed by atoms with Gasteiger partial charge in [-0.2, -0.15) is 0 Å². The van der Waals surface area contributed by atoms with Crippen LogP contribution in [0.25, 0.3) is 5.76 Å². The van der Waals surface area contributed by atoms with E-state index >= 15 is 0 Å². The molecule has 0 unspecified atom stereocenters. The summed E-state index contributed by atoms with van der Waals surface area (Å²) in [6.07, 6.45) is 0.876. The Morgan fingerprint density at radius 1 is 1.15 bits per heavy atom. The van der Waals surface area contributed by atoms with Crippen molar-refractivity contribution in [2.75, 3.05) is 6.61 Å². The van der Waals surface area contributed by atoms with E-state index in [-0.39, 0.29) is 18.4 Å². The Balaban J connectivity index is 2.60. The minimum absolute atomic E-state index is 0.0563. The molecule has 0 aliphatic heterocycles.